The fraction of sp³-hybridized carbons (Fsp3) is 0.600. The Bertz CT molecular complexity index is 434. The molecule has 0 heterocycles. The third kappa shape index (κ3) is 4.23. The van der Waals surface area contributed by atoms with E-state index in [1.807, 2.05) is 19.1 Å². The van der Waals surface area contributed by atoms with Gasteiger partial charge in [0.1, 0.15) is 0 Å². The van der Waals surface area contributed by atoms with E-state index in [1.54, 1.807) is 35.5 Å². The molecule has 0 spiro atoms. The average Bonchev–Trinajstić information content (AvgIpc) is 2.52. The molecule has 1 atom stereocenters. The van der Waals surface area contributed by atoms with E-state index >= 15 is 0 Å². The van der Waals surface area contributed by atoms with E-state index in [0.29, 0.717) is 23.8 Å². The van der Waals surface area contributed by atoms with Gasteiger partial charge >= 0.3 is 0 Å². The molecule has 1 aromatic rings. The maximum Gasteiger partial charge on any atom is 0.203 e. The van der Waals surface area contributed by atoms with Crippen LogP contribution in [0.25, 0.3) is 0 Å². The van der Waals surface area contributed by atoms with E-state index < -0.39 is 0 Å². The minimum Gasteiger partial charge on any atom is -0.493 e. The maximum absolute atomic E-state index is 5.45. The topological polar surface area (TPSA) is 58.2 Å². The lowest BCUT2D eigenvalue weighted by Crippen LogP contribution is -2.39. The van der Waals surface area contributed by atoms with Gasteiger partial charge in [0.05, 0.1) is 27.4 Å². The summed E-state index contributed by atoms with van der Waals surface area (Å²) in [5.74, 6) is 1.88. The van der Waals surface area contributed by atoms with Gasteiger partial charge in [-0.05, 0) is 13.0 Å². The molecule has 21 heavy (non-hydrogen) atoms. The Morgan fingerprint density at radius 3 is 2.00 bits per heavy atom. The van der Waals surface area contributed by atoms with Crippen molar-refractivity contribution in [3.8, 4) is 17.2 Å². The predicted octanol–water partition coefficient (Wildman–Crippen LogP) is 1.81. The van der Waals surface area contributed by atoms with E-state index in [9.17, 15) is 0 Å². The molecule has 0 aromatic heterocycles. The first-order valence-electron chi connectivity index (χ1n) is 6.69. The molecule has 0 radical (unpaired) electrons. The number of ether oxygens (including phenoxy) is 5. The molecule has 0 bridgehead atoms. The van der Waals surface area contributed by atoms with E-state index in [2.05, 4.69) is 5.32 Å². The molecule has 0 saturated heterocycles. The molecule has 6 heteroatoms. The Balaban J connectivity index is 2.88. The summed E-state index contributed by atoms with van der Waals surface area (Å²) in [6, 6.07) is 3.82. The minimum absolute atomic E-state index is 0.0257. The van der Waals surface area contributed by atoms with Crippen LogP contribution in [0.2, 0.25) is 0 Å². The molecule has 0 amide bonds. The van der Waals surface area contributed by atoms with Gasteiger partial charge in [0, 0.05) is 26.3 Å². The first-order valence-corrected chi connectivity index (χ1v) is 6.69. The predicted molar refractivity (Wildman–Crippen MR) is 80.2 cm³/mol. The summed E-state index contributed by atoms with van der Waals surface area (Å²) in [6.07, 6.45) is -0.309. The lowest BCUT2D eigenvalue weighted by Gasteiger charge is -2.23. The Hall–Kier alpha value is -1.50. The largest absolute Gasteiger partial charge is 0.493 e. The lowest BCUT2D eigenvalue weighted by atomic mass is 10.1. The Morgan fingerprint density at radius 2 is 1.52 bits per heavy atom. The smallest absolute Gasteiger partial charge is 0.203 e. The molecule has 1 rings (SSSR count). The van der Waals surface area contributed by atoms with Gasteiger partial charge in [-0.15, -0.1) is 0 Å². The molecule has 0 saturated carbocycles. The van der Waals surface area contributed by atoms with Gasteiger partial charge in [-0.2, -0.15) is 0 Å². The van der Waals surface area contributed by atoms with Crippen molar-refractivity contribution in [2.24, 2.45) is 0 Å². The first-order chi connectivity index (χ1) is 10.1. The Morgan fingerprint density at radius 1 is 0.905 bits per heavy atom. The van der Waals surface area contributed by atoms with Crippen LogP contribution < -0.4 is 19.5 Å². The number of benzene rings is 1. The molecule has 0 aliphatic rings. The highest BCUT2D eigenvalue weighted by atomic mass is 16.7. The molecular formula is C15H25NO5. The van der Waals surface area contributed by atoms with Crippen molar-refractivity contribution in [1.82, 2.24) is 5.32 Å². The summed E-state index contributed by atoms with van der Waals surface area (Å²) in [7, 11) is 8.02. The van der Waals surface area contributed by atoms with E-state index in [0.717, 1.165) is 5.56 Å². The van der Waals surface area contributed by atoms with Crippen molar-refractivity contribution in [3.05, 3.63) is 17.7 Å². The van der Waals surface area contributed by atoms with Crippen molar-refractivity contribution < 1.29 is 23.7 Å². The zero-order valence-corrected chi connectivity index (χ0v) is 13.6. The second-order valence-electron chi connectivity index (χ2n) is 4.50. The van der Waals surface area contributed by atoms with Crippen LogP contribution in [0.5, 0.6) is 17.2 Å². The minimum atomic E-state index is -0.309. The van der Waals surface area contributed by atoms with Crippen molar-refractivity contribution in [1.29, 1.82) is 0 Å². The lowest BCUT2D eigenvalue weighted by molar-refractivity contribution is -0.119. The maximum atomic E-state index is 5.45. The summed E-state index contributed by atoms with van der Waals surface area (Å²) in [5.41, 5.74) is 0.966. The molecule has 1 unspecified atom stereocenters. The van der Waals surface area contributed by atoms with Gasteiger partial charge in [0.25, 0.3) is 0 Å². The quantitative estimate of drug-likeness (QED) is 0.702. The second-order valence-corrected chi connectivity index (χ2v) is 4.50. The molecule has 1 aromatic carbocycles. The fourth-order valence-corrected chi connectivity index (χ4v) is 2.17. The Labute approximate surface area is 126 Å². The van der Waals surface area contributed by atoms with Crippen LogP contribution in [0.3, 0.4) is 0 Å². The number of hydrogen-bond acceptors (Lipinski definition) is 6. The summed E-state index contributed by atoms with van der Waals surface area (Å²) in [5, 5.41) is 3.34. The molecule has 0 fully saturated rings. The highest BCUT2D eigenvalue weighted by molar-refractivity contribution is 5.55. The van der Waals surface area contributed by atoms with Crippen molar-refractivity contribution in [2.45, 2.75) is 25.8 Å². The number of nitrogens with one attached hydrogen (secondary N) is 1. The standard InChI is InChI=1S/C15H25NO5/c1-10(15(20-5)21-6)16-9-11-7-8-12(17-2)14(19-4)13(11)18-3/h7-8,10,15-16H,9H2,1-6H3. The molecule has 120 valence electrons. The normalized spacial score (nSPS) is 12.3. The highest BCUT2D eigenvalue weighted by Gasteiger charge is 2.19. The molecule has 6 nitrogen and oxygen atoms in total. The summed E-state index contributed by atoms with van der Waals surface area (Å²) < 4.78 is 26.5. The summed E-state index contributed by atoms with van der Waals surface area (Å²) in [4.78, 5) is 0. The van der Waals surface area contributed by atoms with Crippen LogP contribution in [0, 0.1) is 0 Å². The van der Waals surface area contributed by atoms with Crippen molar-refractivity contribution >= 4 is 0 Å². The SMILES string of the molecule is COc1ccc(CNC(C)C(OC)OC)c(OC)c1OC. The van der Waals surface area contributed by atoms with Crippen LogP contribution in [-0.2, 0) is 16.0 Å². The van der Waals surface area contributed by atoms with Crippen molar-refractivity contribution in [2.75, 3.05) is 35.5 Å². The summed E-state index contributed by atoms with van der Waals surface area (Å²) >= 11 is 0. The van der Waals surface area contributed by atoms with Gasteiger partial charge < -0.3 is 29.0 Å². The zero-order chi connectivity index (χ0) is 15.8. The molecule has 1 N–H and O–H groups in total. The monoisotopic (exact) mass is 299 g/mol. The van der Waals surface area contributed by atoms with Gasteiger partial charge in [-0.1, -0.05) is 6.07 Å². The fourth-order valence-electron chi connectivity index (χ4n) is 2.17. The van der Waals surface area contributed by atoms with Crippen LogP contribution in [0.4, 0.5) is 0 Å². The van der Waals surface area contributed by atoms with E-state index in [1.165, 1.54) is 0 Å². The van der Waals surface area contributed by atoms with Gasteiger partial charge in [-0.3, -0.25) is 0 Å². The molecule has 0 aliphatic heterocycles. The van der Waals surface area contributed by atoms with Crippen LogP contribution in [-0.4, -0.2) is 47.9 Å². The summed E-state index contributed by atoms with van der Waals surface area (Å²) in [6.45, 7) is 2.58. The van der Waals surface area contributed by atoms with Crippen LogP contribution in [0.1, 0.15) is 12.5 Å². The Kier molecular flexibility index (Phi) is 7.28. The third-order valence-electron chi connectivity index (χ3n) is 3.27. The highest BCUT2D eigenvalue weighted by Crippen LogP contribution is 2.39. The molecule has 0 aliphatic carbocycles. The van der Waals surface area contributed by atoms with E-state index in [-0.39, 0.29) is 12.3 Å². The van der Waals surface area contributed by atoms with Crippen molar-refractivity contribution in [3.63, 3.8) is 0 Å². The number of rotatable bonds is 9. The number of hydrogen-bond donors (Lipinski definition) is 1. The van der Waals surface area contributed by atoms with Gasteiger partial charge in [0.2, 0.25) is 5.75 Å². The van der Waals surface area contributed by atoms with E-state index in [4.69, 9.17) is 23.7 Å². The van der Waals surface area contributed by atoms with Crippen LogP contribution >= 0.6 is 0 Å². The third-order valence-corrected chi connectivity index (χ3v) is 3.27. The molecular weight excluding hydrogens is 274 g/mol. The second kappa shape index (κ2) is 8.71. The van der Waals surface area contributed by atoms with Crippen LogP contribution in [0.15, 0.2) is 12.1 Å². The first kappa shape index (κ1) is 17.6. The van der Waals surface area contributed by atoms with Gasteiger partial charge in [0.15, 0.2) is 17.8 Å². The zero-order valence-electron chi connectivity index (χ0n) is 13.6. The number of methoxy groups -OCH3 is 5. The average molecular weight is 299 g/mol. The van der Waals surface area contributed by atoms with Gasteiger partial charge in [-0.25, -0.2) is 0 Å².